The summed E-state index contributed by atoms with van der Waals surface area (Å²) in [4.78, 5) is 0. The van der Waals surface area contributed by atoms with Crippen molar-refractivity contribution in [2.45, 2.75) is 0 Å². The van der Waals surface area contributed by atoms with Gasteiger partial charge in [0.1, 0.15) is 0 Å². The minimum atomic E-state index is -5.75. The molecular weight excluding hydrogens is 587 g/mol. The van der Waals surface area contributed by atoms with Gasteiger partial charge in [0.15, 0.2) is 5.96 Å². The van der Waals surface area contributed by atoms with E-state index in [4.69, 9.17) is 53.6 Å². The Morgan fingerprint density at radius 2 is 0.619 bits per heavy atom. The zero-order valence-electron chi connectivity index (χ0n) is 9.09. The Morgan fingerprint density at radius 3 is 0.619 bits per heavy atom. The third-order valence-electron chi connectivity index (χ3n) is 0. The number of rotatable bonds is 0. The van der Waals surface area contributed by atoms with Gasteiger partial charge in [0.2, 0.25) is 0 Å². The van der Waals surface area contributed by atoms with Gasteiger partial charge in [-0.25, -0.2) is 0 Å². The van der Waals surface area contributed by atoms with E-state index in [9.17, 15) is 0 Å². The van der Waals surface area contributed by atoms with Crippen molar-refractivity contribution in [2.24, 2.45) is 11.5 Å². The molecule has 0 atom stereocenters. The Bertz CT molecular complexity index is 435. The first-order chi connectivity index (χ1) is 7.73. The van der Waals surface area contributed by atoms with Crippen molar-refractivity contribution in [3.8, 4) is 0 Å². The molecule has 2 radical (unpaired) electrons. The molecule has 0 unspecified atom stereocenters. The molecule has 126 valence electrons. The van der Waals surface area contributed by atoms with E-state index in [1.807, 2.05) is 0 Å². The zero-order valence-corrected chi connectivity index (χ0v) is 16.8. The van der Waals surface area contributed by atoms with Gasteiger partial charge in [0.05, 0.1) is 0 Å². The number of nitrogens with two attached hydrogens (primary N) is 2. The molecule has 15 nitrogen and oxygen atoms in total. The molecule has 0 saturated carbocycles. The van der Waals surface area contributed by atoms with Gasteiger partial charge in [0.25, 0.3) is 0 Å². The standard InChI is InChI=1S/CH5N3.2Cr.3H2O4Se/c2-1(3)4;;;3*1-5(2,3)4/h(H5,2,3,4);;;3*(H2,1,2,3,4)/q;2*+3;;;/p-6. The zero-order chi connectivity index (χ0) is 17.1. The molecule has 0 rings (SSSR count). The van der Waals surface area contributed by atoms with Crippen LogP contribution in [-0.4, -0.2) is 46.1 Å². The van der Waals surface area contributed by atoms with Gasteiger partial charge in [0, 0.05) is 0 Å². The van der Waals surface area contributed by atoms with Crippen LogP contribution >= 0.6 is 0 Å². The largest absolute Gasteiger partial charge is 3.00 e. The van der Waals surface area contributed by atoms with E-state index in [2.05, 4.69) is 11.5 Å². The smallest absolute Gasteiger partial charge is 3.00 e. The van der Waals surface area contributed by atoms with E-state index in [0.717, 1.165) is 0 Å². The van der Waals surface area contributed by atoms with Crippen molar-refractivity contribution in [3.63, 3.8) is 0 Å². The van der Waals surface area contributed by atoms with Crippen molar-refractivity contribution in [3.05, 3.63) is 0 Å². The van der Waals surface area contributed by atoms with E-state index < -0.39 is 40.1 Å². The maximum absolute atomic E-state index is 8.59. The summed E-state index contributed by atoms with van der Waals surface area (Å²) in [5.74, 6) is -0.333. The van der Waals surface area contributed by atoms with Crippen molar-refractivity contribution in [2.75, 3.05) is 0 Å². The molecule has 0 amide bonds. The first-order valence-electron chi connectivity index (χ1n) is 2.83. The van der Waals surface area contributed by atoms with Crippen LogP contribution in [0.5, 0.6) is 0 Å². The Labute approximate surface area is 145 Å². The molecule has 0 spiro atoms. The third-order valence-corrected chi connectivity index (χ3v) is 0. The molecule has 0 fully saturated rings. The van der Waals surface area contributed by atoms with Crippen LogP contribution in [0, 0.1) is 5.41 Å². The molecule has 20 heteroatoms. The molecule has 0 aliphatic heterocycles. The fraction of sp³-hybridized carbons (Fsp3) is 0. The van der Waals surface area contributed by atoms with E-state index >= 15 is 0 Å². The minimum absolute atomic E-state index is 0. The van der Waals surface area contributed by atoms with Gasteiger partial charge in [-0.05, 0) is 0 Å². The molecule has 5 N–H and O–H groups in total. The summed E-state index contributed by atoms with van der Waals surface area (Å²) in [5.41, 5.74) is 8.94. The molecule has 0 aromatic heterocycles. The SMILES string of the molecule is N=C(N)N.O=[Se](=O)([O-])[O-].O=[Se](=O)([O-])[O-].O=[Se](=O)([O-])[O-].[Cr+3].[Cr+3]. The molecule has 0 heterocycles. The van der Waals surface area contributed by atoms with Crippen molar-refractivity contribution >= 4 is 46.1 Å². The summed E-state index contributed by atoms with van der Waals surface area (Å²) in [7, 11) is 0. The van der Waals surface area contributed by atoms with Crippen LogP contribution in [0.25, 0.3) is 0 Å². The van der Waals surface area contributed by atoms with Gasteiger partial charge in [-0.3, -0.25) is 5.41 Å². The van der Waals surface area contributed by atoms with Crippen molar-refractivity contribution < 1.29 is 82.9 Å². The number of hydrogen-bond acceptors (Lipinski definition) is 13. The van der Waals surface area contributed by atoms with Crippen LogP contribution < -0.4 is 36.6 Å². The van der Waals surface area contributed by atoms with Crippen molar-refractivity contribution in [1.29, 1.82) is 5.41 Å². The average molecular weight is 592 g/mol. The van der Waals surface area contributed by atoms with Crippen molar-refractivity contribution in [1.82, 2.24) is 0 Å². The van der Waals surface area contributed by atoms with E-state index in [1.165, 1.54) is 0 Å². The van der Waals surface area contributed by atoms with Gasteiger partial charge in [-0.2, -0.15) is 0 Å². The molecule has 0 aliphatic carbocycles. The average Bonchev–Trinajstić information content (AvgIpc) is 1.66. The maximum atomic E-state index is 8.59. The van der Waals surface area contributed by atoms with Crippen LogP contribution in [0.2, 0.25) is 0 Å². The number of hydrogen-bond donors (Lipinski definition) is 3. The second-order valence-corrected chi connectivity index (χ2v) is 6.82. The number of guanidine groups is 1. The van der Waals surface area contributed by atoms with Gasteiger partial charge in [-0.15, -0.1) is 0 Å². The summed E-state index contributed by atoms with van der Waals surface area (Å²) in [6.45, 7) is 0. The van der Waals surface area contributed by atoms with Gasteiger partial charge >= 0.3 is 123 Å². The van der Waals surface area contributed by atoms with Crippen LogP contribution in [0.15, 0.2) is 0 Å². The minimum Gasteiger partial charge on any atom is 3.00 e. The summed E-state index contributed by atoms with van der Waals surface area (Å²) in [6, 6.07) is 0. The normalized spacial score (nSPS) is 9.43. The monoisotopic (exact) mass is 595 g/mol. The summed E-state index contributed by atoms with van der Waals surface area (Å²) < 4.78 is 103. The van der Waals surface area contributed by atoms with E-state index in [1.54, 1.807) is 0 Å². The predicted octanol–water partition coefficient (Wildman–Crippen LogP) is -10.2. The van der Waals surface area contributed by atoms with Gasteiger partial charge in [-0.1, -0.05) is 0 Å². The second-order valence-electron chi connectivity index (χ2n) is 1.68. The Balaban J connectivity index is -0.0000000347. The summed E-state index contributed by atoms with van der Waals surface area (Å²) >= 11 is -17.2. The topological polar surface area (TPSA) is 317 Å². The molecule has 0 aromatic carbocycles. The maximum Gasteiger partial charge on any atom is 3.00 e. The predicted molar refractivity (Wildman–Crippen MR) is 37.5 cm³/mol. The van der Waals surface area contributed by atoms with Crippen LogP contribution in [0.1, 0.15) is 0 Å². The first kappa shape index (κ1) is 37.6. The quantitative estimate of drug-likeness (QED) is 0.134. The van der Waals surface area contributed by atoms with Crippen LogP contribution in [0.3, 0.4) is 0 Å². The Kier molecular flexibility index (Phi) is 30.1. The van der Waals surface area contributed by atoms with Gasteiger partial charge < -0.3 is 11.5 Å². The fourth-order valence-corrected chi connectivity index (χ4v) is 0. The summed E-state index contributed by atoms with van der Waals surface area (Å²) in [5, 5.41) is 6.06. The van der Waals surface area contributed by atoms with Crippen LogP contribution in [0.4, 0.5) is 0 Å². The molecule has 0 aromatic rings. The molecular formula is CH5Cr2N3O12Se3. The molecule has 21 heavy (non-hydrogen) atoms. The first-order valence-corrected chi connectivity index (χ1v) is 11.2. The second kappa shape index (κ2) is 16.8. The fourth-order valence-electron chi connectivity index (χ4n) is 0. The Hall–Kier alpha value is 0.453. The third kappa shape index (κ3) is 33900. The van der Waals surface area contributed by atoms with E-state index in [-0.39, 0.29) is 40.7 Å². The van der Waals surface area contributed by atoms with Crippen LogP contribution in [-0.2, 0) is 57.7 Å². The molecule has 0 saturated heterocycles. The molecule has 0 bridgehead atoms. The molecule has 0 aliphatic rings. The van der Waals surface area contributed by atoms with E-state index in [0.29, 0.717) is 0 Å². The number of nitrogens with one attached hydrogen (secondary N) is 1. The summed E-state index contributed by atoms with van der Waals surface area (Å²) in [6.07, 6.45) is 0. The Morgan fingerprint density at radius 1 is 0.619 bits per heavy atom.